The van der Waals surface area contributed by atoms with E-state index in [-0.39, 0.29) is 5.91 Å². The summed E-state index contributed by atoms with van der Waals surface area (Å²) in [5.74, 6) is 1.49. The van der Waals surface area contributed by atoms with Gasteiger partial charge in [-0.05, 0) is 48.9 Å². The van der Waals surface area contributed by atoms with Crippen molar-refractivity contribution in [2.45, 2.75) is 25.8 Å². The first-order valence-corrected chi connectivity index (χ1v) is 9.93. The number of hydrazine groups is 1. The highest BCUT2D eigenvalue weighted by Gasteiger charge is 2.34. The second-order valence-corrected chi connectivity index (χ2v) is 7.80. The van der Waals surface area contributed by atoms with Crippen molar-refractivity contribution < 1.29 is 9.53 Å². The first-order valence-electron chi connectivity index (χ1n) is 9.93. The molecular formula is C20H30N4O2. The third-order valence-corrected chi connectivity index (χ3v) is 6.13. The molecule has 1 aromatic rings. The molecule has 2 N–H and O–H groups in total. The number of hydrogen-bond acceptors (Lipinski definition) is 5. The Hall–Kier alpha value is -1.63. The molecule has 1 amide bonds. The van der Waals surface area contributed by atoms with E-state index in [2.05, 4.69) is 34.8 Å². The van der Waals surface area contributed by atoms with E-state index >= 15 is 0 Å². The van der Waals surface area contributed by atoms with Gasteiger partial charge < -0.3 is 14.5 Å². The summed E-state index contributed by atoms with van der Waals surface area (Å²) in [6.45, 7) is 8.45. The lowest BCUT2D eigenvalue weighted by Crippen LogP contribution is -2.45. The number of likely N-dealkylation sites (tertiary alicyclic amines) is 1. The van der Waals surface area contributed by atoms with Crippen molar-refractivity contribution in [3.63, 3.8) is 0 Å². The molecule has 0 aromatic heterocycles. The summed E-state index contributed by atoms with van der Waals surface area (Å²) in [5.41, 5.74) is 8.67. The predicted molar refractivity (Wildman–Crippen MR) is 102 cm³/mol. The van der Waals surface area contributed by atoms with Gasteiger partial charge in [0.25, 0.3) is 5.91 Å². The SMILES string of the molecule is CC1CNNC1C1CCN(C(=O)c2ccc(N3CCOCC3)cc2)CC1. The number of carbonyl (C=O) groups excluding carboxylic acids is 1. The molecule has 3 saturated heterocycles. The molecule has 1 aromatic carbocycles. The molecule has 0 spiro atoms. The molecule has 142 valence electrons. The zero-order valence-electron chi connectivity index (χ0n) is 15.6. The number of morpholine rings is 1. The number of anilines is 1. The van der Waals surface area contributed by atoms with Gasteiger partial charge in [0.1, 0.15) is 0 Å². The van der Waals surface area contributed by atoms with Gasteiger partial charge >= 0.3 is 0 Å². The van der Waals surface area contributed by atoms with E-state index in [4.69, 9.17) is 4.74 Å². The van der Waals surface area contributed by atoms with Crippen LogP contribution in [0.5, 0.6) is 0 Å². The van der Waals surface area contributed by atoms with E-state index in [1.807, 2.05) is 17.0 Å². The zero-order valence-corrected chi connectivity index (χ0v) is 15.6. The van der Waals surface area contributed by atoms with Gasteiger partial charge in [0.2, 0.25) is 0 Å². The van der Waals surface area contributed by atoms with Gasteiger partial charge in [-0.25, -0.2) is 0 Å². The van der Waals surface area contributed by atoms with E-state index in [9.17, 15) is 4.79 Å². The summed E-state index contributed by atoms with van der Waals surface area (Å²) in [4.78, 5) is 17.2. The highest BCUT2D eigenvalue weighted by molar-refractivity contribution is 5.94. The van der Waals surface area contributed by atoms with Gasteiger partial charge in [0, 0.05) is 50.0 Å². The van der Waals surface area contributed by atoms with E-state index in [0.717, 1.165) is 64.3 Å². The fourth-order valence-corrected chi connectivity index (χ4v) is 4.47. The number of rotatable bonds is 3. The molecule has 2 atom stereocenters. The fourth-order valence-electron chi connectivity index (χ4n) is 4.47. The molecule has 6 heteroatoms. The lowest BCUT2D eigenvalue weighted by molar-refractivity contribution is 0.0665. The van der Waals surface area contributed by atoms with Crippen LogP contribution in [0.4, 0.5) is 5.69 Å². The lowest BCUT2D eigenvalue weighted by Gasteiger charge is -2.36. The molecule has 0 saturated carbocycles. The number of benzene rings is 1. The standard InChI is InChI=1S/C20H30N4O2/c1-15-14-21-22-19(15)16-6-8-24(9-7-16)20(25)17-2-4-18(5-3-17)23-10-12-26-13-11-23/h2-5,15-16,19,21-22H,6-14H2,1H3. The minimum Gasteiger partial charge on any atom is -0.378 e. The van der Waals surface area contributed by atoms with Crippen molar-refractivity contribution >= 4 is 11.6 Å². The van der Waals surface area contributed by atoms with Crippen LogP contribution in [-0.2, 0) is 4.74 Å². The van der Waals surface area contributed by atoms with Crippen LogP contribution in [0.2, 0.25) is 0 Å². The molecule has 6 nitrogen and oxygen atoms in total. The van der Waals surface area contributed by atoms with Crippen molar-refractivity contribution in [2.75, 3.05) is 50.8 Å². The lowest BCUT2D eigenvalue weighted by atomic mass is 9.84. The van der Waals surface area contributed by atoms with Crippen LogP contribution in [0, 0.1) is 11.8 Å². The summed E-state index contributed by atoms with van der Waals surface area (Å²) in [5, 5.41) is 0. The van der Waals surface area contributed by atoms with Gasteiger partial charge in [-0.15, -0.1) is 0 Å². The molecule has 3 fully saturated rings. The Morgan fingerprint density at radius 1 is 1.08 bits per heavy atom. The number of hydrogen-bond donors (Lipinski definition) is 2. The Kier molecular flexibility index (Phi) is 5.43. The molecule has 3 heterocycles. The first-order chi connectivity index (χ1) is 12.7. The molecule has 0 bridgehead atoms. The Balaban J connectivity index is 1.33. The van der Waals surface area contributed by atoms with Crippen LogP contribution >= 0.6 is 0 Å². The predicted octanol–water partition coefficient (Wildman–Crippen LogP) is 1.49. The monoisotopic (exact) mass is 358 g/mol. The first kappa shape index (κ1) is 17.8. The van der Waals surface area contributed by atoms with E-state index in [1.54, 1.807) is 0 Å². The van der Waals surface area contributed by atoms with Gasteiger partial charge in [-0.3, -0.25) is 15.6 Å². The Bertz CT molecular complexity index is 607. The van der Waals surface area contributed by atoms with E-state index in [1.165, 1.54) is 5.69 Å². The molecule has 3 aliphatic heterocycles. The highest BCUT2D eigenvalue weighted by Crippen LogP contribution is 2.27. The van der Waals surface area contributed by atoms with Crippen LogP contribution in [-0.4, -0.2) is 62.8 Å². The minimum atomic E-state index is 0.169. The third kappa shape index (κ3) is 3.72. The number of amides is 1. The number of piperidine rings is 1. The van der Waals surface area contributed by atoms with Crippen LogP contribution < -0.4 is 15.8 Å². The second-order valence-electron chi connectivity index (χ2n) is 7.80. The highest BCUT2D eigenvalue weighted by atomic mass is 16.5. The van der Waals surface area contributed by atoms with Crippen molar-refractivity contribution in [1.29, 1.82) is 0 Å². The van der Waals surface area contributed by atoms with Crippen molar-refractivity contribution in [1.82, 2.24) is 15.8 Å². The van der Waals surface area contributed by atoms with Crippen LogP contribution in [0.25, 0.3) is 0 Å². The molecular weight excluding hydrogens is 328 g/mol. The summed E-state index contributed by atoms with van der Waals surface area (Å²) in [6.07, 6.45) is 2.17. The third-order valence-electron chi connectivity index (χ3n) is 6.13. The summed E-state index contributed by atoms with van der Waals surface area (Å²) in [7, 11) is 0. The molecule has 3 aliphatic rings. The number of ether oxygens (including phenoxy) is 1. The van der Waals surface area contributed by atoms with Crippen LogP contribution in [0.3, 0.4) is 0 Å². The van der Waals surface area contributed by atoms with Gasteiger partial charge in [-0.2, -0.15) is 0 Å². The largest absolute Gasteiger partial charge is 0.378 e. The number of nitrogens with zero attached hydrogens (tertiary/aromatic N) is 2. The molecule has 0 aliphatic carbocycles. The van der Waals surface area contributed by atoms with Crippen LogP contribution in [0.15, 0.2) is 24.3 Å². The maximum atomic E-state index is 12.8. The minimum absolute atomic E-state index is 0.169. The normalized spacial score (nSPS) is 27.7. The zero-order chi connectivity index (χ0) is 17.9. The average molecular weight is 358 g/mol. The molecule has 4 rings (SSSR count). The van der Waals surface area contributed by atoms with Crippen molar-refractivity contribution in [2.24, 2.45) is 11.8 Å². The van der Waals surface area contributed by atoms with Crippen molar-refractivity contribution in [3.8, 4) is 0 Å². The van der Waals surface area contributed by atoms with Gasteiger partial charge in [0.15, 0.2) is 0 Å². The number of carbonyl (C=O) groups is 1. The molecule has 26 heavy (non-hydrogen) atoms. The van der Waals surface area contributed by atoms with E-state index < -0.39 is 0 Å². The smallest absolute Gasteiger partial charge is 0.253 e. The van der Waals surface area contributed by atoms with Crippen molar-refractivity contribution in [3.05, 3.63) is 29.8 Å². The fraction of sp³-hybridized carbons (Fsp3) is 0.650. The summed E-state index contributed by atoms with van der Waals surface area (Å²) >= 11 is 0. The summed E-state index contributed by atoms with van der Waals surface area (Å²) < 4.78 is 5.40. The number of nitrogens with one attached hydrogen (secondary N) is 2. The quantitative estimate of drug-likeness (QED) is 0.857. The topological polar surface area (TPSA) is 56.8 Å². The Morgan fingerprint density at radius 2 is 1.77 bits per heavy atom. The second kappa shape index (κ2) is 7.94. The Morgan fingerprint density at radius 3 is 2.38 bits per heavy atom. The average Bonchev–Trinajstić information content (AvgIpc) is 3.14. The van der Waals surface area contributed by atoms with E-state index in [0.29, 0.717) is 17.9 Å². The summed E-state index contributed by atoms with van der Waals surface area (Å²) in [6, 6.07) is 8.63. The van der Waals surface area contributed by atoms with Gasteiger partial charge in [0.05, 0.1) is 13.2 Å². The molecule has 0 radical (unpaired) electrons. The maximum Gasteiger partial charge on any atom is 0.253 e. The van der Waals surface area contributed by atoms with Gasteiger partial charge in [-0.1, -0.05) is 6.92 Å². The maximum absolute atomic E-state index is 12.8. The Labute approximate surface area is 155 Å². The molecule has 2 unspecified atom stereocenters. The van der Waals surface area contributed by atoms with Crippen LogP contribution in [0.1, 0.15) is 30.1 Å².